The van der Waals surface area contributed by atoms with Gasteiger partial charge in [-0.2, -0.15) is 0 Å². The molecule has 3 aliphatic rings. The van der Waals surface area contributed by atoms with Crippen LogP contribution in [0.4, 0.5) is 10.1 Å². The Bertz CT molecular complexity index is 939. The summed E-state index contributed by atoms with van der Waals surface area (Å²) >= 11 is 3.58. The van der Waals surface area contributed by atoms with Crippen LogP contribution in [0.1, 0.15) is 55.3 Å². The standard InChI is InChI=1S/C24H29BrFN3O/c25-17-5-8-22-20(11-17)23(21(12-27-22)24(30)16-3-4-16)28-19-6-1-15(2-7-19)13-29-10-9-18(26)14-29/h5,8,11-12,15-16,18-19H,1-4,6-7,9-10,13-14H2,(H,27,28)/t15?,18-,19?/m1/s1. The summed E-state index contributed by atoms with van der Waals surface area (Å²) in [4.78, 5) is 19.8. The second-order valence-corrected chi connectivity index (χ2v) is 10.3. The molecule has 2 saturated carbocycles. The summed E-state index contributed by atoms with van der Waals surface area (Å²) in [5, 5.41) is 4.77. The van der Waals surface area contributed by atoms with Gasteiger partial charge < -0.3 is 10.2 Å². The number of pyridine rings is 1. The van der Waals surface area contributed by atoms with Gasteiger partial charge >= 0.3 is 0 Å². The van der Waals surface area contributed by atoms with Gasteiger partial charge in [-0.05, 0) is 69.1 Å². The first-order valence-electron chi connectivity index (χ1n) is 11.3. The lowest BCUT2D eigenvalue weighted by molar-refractivity contribution is 0.0968. The number of nitrogens with zero attached hydrogens (tertiary/aromatic N) is 2. The molecule has 1 saturated heterocycles. The molecule has 6 heteroatoms. The fraction of sp³-hybridized carbons (Fsp3) is 0.583. The number of Topliss-reactive ketones (excluding diaryl/α,β-unsaturated/α-hetero) is 1. The van der Waals surface area contributed by atoms with Crippen molar-refractivity contribution in [1.82, 2.24) is 9.88 Å². The Labute approximate surface area is 185 Å². The molecule has 2 aliphatic carbocycles. The van der Waals surface area contributed by atoms with Gasteiger partial charge in [0.2, 0.25) is 0 Å². The lowest BCUT2D eigenvalue weighted by Gasteiger charge is -2.32. The number of aromatic nitrogens is 1. The zero-order valence-corrected chi connectivity index (χ0v) is 18.8. The molecule has 2 heterocycles. The van der Waals surface area contributed by atoms with Crippen LogP contribution in [0.25, 0.3) is 10.9 Å². The van der Waals surface area contributed by atoms with E-state index >= 15 is 0 Å². The number of hydrogen-bond acceptors (Lipinski definition) is 4. The molecule has 30 heavy (non-hydrogen) atoms. The van der Waals surface area contributed by atoms with Crippen LogP contribution in [0.3, 0.4) is 0 Å². The van der Waals surface area contributed by atoms with E-state index in [4.69, 9.17) is 0 Å². The average molecular weight is 474 g/mol. The predicted octanol–water partition coefficient (Wildman–Crippen LogP) is 5.60. The van der Waals surface area contributed by atoms with Crippen LogP contribution < -0.4 is 5.32 Å². The molecular weight excluding hydrogens is 445 g/mol. The first-order valence-corrected chi connectivity index (χ1v) is 12.1. The summed E-state index contributed by atoms with van der Waals surface area (Å²) in [5.41, 5.74) is 2.62. The topological polar surface area (TPSA) is 45.2 Å². The molecule has 1 N–H and O–H groups in total. The number of ketones is 1. The van der Waals surface area contributed by atoms with Crippen molar-refractivity contribution >= 4 is 38.3 Å². The molecule has 5 rings (SSSR count). The molecule has 3 fully saturated rings. The Morgan fingerprint density at radius 3 is 2.67 bits per heavy atom. The molecule has 4 nitrogen and oxygen atoms in total. The molecular formula is C24H29BrFN3O. The molecule has 0 bridgehead atoms. The van der Waals surface area contributed by atoms with Gasteiger partial charge in [0, 0.05) is 47.6 Å². The third-order valence-corrected chi connectivity index (χ3v) is 7.46. The van der Waals surface area contributed by atoms with Crippen LogP contribution >= 0.6 is 15.9 Å². The quantitative estimate of drug-likeness (QED) is 0.554. The number of likely N-dealkylation sites (tertiary alicyclic amines) is 1. The third kappa shape index (κ3) is 4.40. The number of rotatable bonds is 6. The summed E-state index contributed by atoms with van der Waals surface area (Å²) < 4.78 is 14.5. The lowest BCUT2D eigenvalue weighted by Crippen LogP contribution is -2.33. The van der Waals surface area contributed by atoms with E-state index < -0.39 is 6.17 Å². The summed E-state index contributed by atoms with van der Waals surface area (Å²) in [6, 6.07) is 6.43. The van der Waals surface area contributed by atoms with E-state index in [-0.39, 0.29) is 11.7 Å². The van der Waals surface area contributed by atoms with Gasteiger partial charge in [0.25, 0.3) is 0 Å². The zero-order valence-electron chi connectivity index (χ0n) is 17.2. The largest absolute Gasteiger partial charge is 0.381 e. The van der Waals surface area contributed by atoms with Crippen LogP contribution in [0.15, 0.2) is 28.9 Å². The molecule has 0 amide bonds. The van der Waals surface area contributed by atoms with Gasteiger partial charge in [0.1, 0.15) is 6.17 Å². The van der Waals surface area contributed by atoms with Crippen molar-refractivity contribution in [3.05, 3.63) is 34.4 Å². The van der Waals surface area contributed by atoms with Crippen molar-refractivity contribution < 1.29 is 9.18 Å². The number of halogens is 2. The zero-order chi connectivity index (χ0) is 20.7. The predicted molar refractivity (Wildman–Crippen MR) is 122 cm³/mol. The van der Waals surface area contributed by atoms with E-state index in [1.54, 1.807) is 6.20 Å². The summed E-state index contributed by atoms with van der Waals surface area (Å²) in [6.07, 6.45) is 8.31. The number of benzene rings is 1. The average Bonchev–Trinajstić information content (AvgIpc) is 3.52. The smallest absolute Gasteiger partial charge is 0.169 e. The minimum absolute atomic E-state index is 0.174. The van der Waals surface area contributed by atoms with Crippen molar-refractivity contribution in [2.24, 2.45) is 11.8 Å². The molecule has 2 aromatic rings. The van der Waals surface area contributed by atoms with E-state index in [2.05, 4.69) is 37.2 Å². The van der Waals surface area contributed by atoms with Crippen molar-refractivity contribution in [2.75, 3.05) is 25.0 Å². The molecule has 1 aromatic heterocycles. The van der Waals surface area contributed by atoms with Crippen molar-refractivity contribution in [3.8, 4) is 0 Å². The number of hydrogen-bond donors (Lipinski definition) is 1. The molecule has 0 spiro atoms. The Balaban J connectivity index is 1.31. The van der Waals surface area contributed by atoms with E-state index in [0.717, 1.165) is 78.2 Å². The van der Waals surface area contributed by atoms with Crippen LogP contribution in [0, 0.1) is 11.8 Å². The van der Waals surface area contributed by atoms with E-state index in [9.17, 15) is 9.18 Å². The minimum Gasteiger partial charge on any atom is -0.381 e. The number of nitrogens with one attached hydrogen (secondary N) is 1. The molecule has 1 aromatic carbocycles. The number of carbonyl (C=O) groups is 1. The number of carbonyl (C=O) groups excluding carboxylic acids is 1. The van der Waals surface area contributed by atoms with Gasteiger partial charge in [-0.25, -0.2) is 4.39 Å². The second kappa shape index (κ2) is 8.54. The first-order chi connectivity index (χ1) is 14.6. The van der Waals surface area contributed by atoms with Crippen molar-refractivity contribution in [2.45, 2.75) is 57.2 Å². The van der Waals surface area contributed by atoms with Crippen molar-refractivity contribution in [3.63, 3.8) is 0 Å². The van der Waals surface area contributed by atoms with Crippen LogP contribution in [-0.4, -0.2) is 47.5 Å². The molecule has 0 radical (unpaired) electrons. The summed E-state index contributed by atoms with van der Waals surface area (Å²) in [5.74, 6) is 1.06. The highest BCUT2D eigenvalue weighted by molar-refractivity contribution is 9.10. The highest BCUT2D eigenvalue weighted by Gasteiger charge is 2.33. The number of fused-ring (bicyclic) bond motifs is 1. The van der Waals surface area contributed by atoms with Gasteiger partial charge in [0.15, 0.2) is 5.78 Å². The summed E-state index contributed by atoms with van der Waals surface area (Å²) in [6.45, 7) is 2.55. The highest BCUT2D eigenvalue weighted by Crippen LogP contribution is 2.38. The van der Waals surface area contributed by atoms with Crippen LogP contribution in [-0.2, 0) is 0 Å². The fourth-order valence-corrected chi connectivity index (χ4v) is 5.44. The Morgan fingerprint density at radius 2 is 1.97 bits per heavy atom. The Morgan fingerprint density at radius 1 is 1.17 bits per heavy atom. The SMILES string of the molecule is O=C(c1cnc2ccc(Br)cc2c1NC1CCC(CN2CC[C@@H](F)C2)CC1)C1CC1. The highest BCUT2D eigenvalue weighted by atomic mass is 79.9. The fourth-order valence-electron chi connectivity index (χ4n) is 5.08. The van der Waals surface area contributed by atoms with E-state index in [1.807, 2.05) is 12.1 Å². The normalized spacial score (nSPS) is 27.5. The van der Waals surface area contributed by atoms with Crippen molar-refractivity contribution in [1.29, 1.82) is 0 Å². The molecule has 1 aliphatic heterocycles. The van der Waals surface area contributed by atoms with E-state index in [1.165, 1.54) is 0 Å². The van der Waals surface area contributed by atoms with Gasteiger partial charge in [-0.15, -0.1) is 0 Å². The lowest BCUT2D eigenvalue weighted by atomic mass is 9.85. The van der Waals surface area contributed by atoms with E-state index in [0.29, 0.717) is 24.9 Å². The number of anilines is 1. The maximum atomic E-state index is 13.5. The maximum absolute atomic E-state index is 13.5. The van der Waals surface area contributed by atoms with Gasteiger partial charge in [0.05, 0.1) is 16.8 Å². The monoisotopic (exact) mass is 473 g/mol. The molecule has 1 atom stereocenters. The Hall–Kier alpha value is -1.53. The molecule has 0 unspecified atom stereocenters. The first kappa shape index (κ1) is 20.4. The van der Waals surface area contributed by atoms with Crippen LogP contribution in [0.5, 0.6) is 0 Å². The van der Waals surface area contributed by atoms with Crippen LogP contribution in [0.2, 0.25) is 0 Å². The summed E-state index contributed by atoms with van der Waals surface area (Å²) in [7, 11) is 0. The minimum atomic E-state index is -0.635. The maximum Gasteiger partial charge on any atom is 0.169 e. The second-order valence-electron chi connectivity index (χ2n) is 9.35. The Kier molecular flexibility index (Phi) is 5.80. The molecule has 160 valence electrons. The van der Waals surface area contributed by atoms with Gasteiger partial charge in [-0.3, -0.25) is 9.78 Å². The number of alkyl halides is 1. The third-order valence-electron chi connectivity index (χ3n) is 6.97. The van der Waals surface area contributed by atoms with Gasteiger partial charge in [-0.1, -0.05) is 15.9 Å².